The zero-order valence-electron chi connectivity index (χ0n) is 19.4. The van der Waals surface area contributed by atoms with E-state index in [-0.39, 0.29) is 28.5 Å². The first-order chi connectivity index (χ1) is 14.3. The zero-order valence-corrected chi connectivity index (χ0v) is 20.2. The van der Waals surface area contributed by atoms with Crippen LogP contribution in [-0.2, 0) is 22.2 Å². The van der Waals surface area contributed by atoms with Gasteiger partial charge in [-0.2, -0.15) is 0 Å². The Morgan fingerprint density at radius 3 is 2.03 bits per heavy atom. The topological polar surface area (TPSA) is 57.6 Å². The predicted octanol–water partition coefficient (Wildman–Crippen LogP) is 6.53. The third-order valence-electron chi connectivity index (χ3n) is 5.51. The molecular formula is C26H31NO3S. The number of rotatable bonds is 3. The summed E-state index contributed by atoms with van der Waals surface area (Å²) in [5.74, 6) is 0.0192. The Kier molecular flexibility index (Phi) is 6.12. The summed E-state index contributed by atoms with van der Waals surface area (Å²) in [7, 11) is 0. The van der Waals surface area contributed by atoms with E-state index in [9.17, 15) is 14.7 Å². The van der Waals surface area contributed by atoms with Gasteiger partial charge in [-0.15, -0.1) is 0 Å². The second-order valence-electron chi connectivity index (χ2n) is 10.2. The maximum Gasteiger partial charge on any atom is 0.293 e. The zero-order chi connectivity index (χ0) is 23.1. The molecule has 0 aromatic heterocycles. The molecule has 0 bridgehead atoms. The molecule has 164 valence electrons. The number of carbonyl (C=O) groups is 2. The van der Waals surface area contributed by atoms with Crippen molar-refractivity contribution in [3.05, 3.63) is 69.1 Å². The van der Waals surface area contributed by atoms with Crippen molar-refractivity contribution in [2.75, 3.05) is 0 Å². The third-order valence-corrected chi connectivity index (χ3v) is 6.42. The molecule has 2 amide bonds. The van der Waals surface area contributed by atoms with Gasteiger partial charge in [0.2, 0.25) is 0 Å². The van der Waals surface area contributed by atoms with Crippen molar-refractivity contribution >= 4 is 29.0 Å². The van der Waals surface area contributed by atoms with Gasteiger partial charge in [-0.1, -0.05) is 65.8 Å². The molecule has 1 saturated heterocycles. The molecule has 2 aromatic rings. The summed E-state index contributed by atoms with van der Waals surface area (Å²) in [6.07, 6.45) is 1.77. The first-order valence-electron chi connectivity index (χ1n) is 10.5. The molecule has 1 N–H and O–H groups in total. The molecule has 0 radical (unpaired) electrons. The fourth-order valence-corrected chi connectivity index (χ4v) is 4.47. The summed E-state index contributed by atoms with van der Waals surface area (Å²) in [4.78, 5) is 27.3. The van der Waals surface area contributed by atoms with E-state index < -0.39 is 0 Å². The highest BCUT2D eigenvalue weighted by Crippen LogP contribution is 2.41. The average Bonchev–Trinajstić information content (AvgIpc) is 2.90. The summed E-state index contributed by atoms with van der Waals surface area (Å²) < 4.78 is 0. The number of phenols is 1. The lowest BCUT2D eigenvalue weighted by molar-refractivity contribution is -0.123. The number of aryl methyl sites for hydroxylation is 1. The van der Waals surface area contributed by atoms with E-state index in [1.807, 2.05) is 84.9 Å². The Hall–Kier alpha value is -2.53. The van der Waals surface area contributed by atoms with Gasteiger partial charge in [-0.3, -0.25) is 14.5 Å². The molecule has 2 aromatic carbocycles. The van der Waals surface area contributed by atoms with Crippen LogP contribution in [0.5, 0.6) is 5.75 Å². The Morgan fingerprint density at radius 1 is 0.968 bits per heavy atom. The molecule has 3 rings (SSSR count). The number of hydrogen-bond acceptors (Lipinski definition) is 4. The maximum absolute atomic E-state index is 13.0. The quantitative estimate of drug-likeness (QED) is 0.555. The van der Waals surface area contributed by atoms with E-state index in [2.05, 4.69) is 0 Å². The van der Waals surface area contributed by atoms with Crippen molar-refractivity contribution in [2.45, 2.75) is 65.8 Å². The Morgan fingerprint density at radius 2 is 1.52 bits per heavy atom. The number of hydrogen-bond donors (Lipinski definition) is 1. The lowest BCUT2D eigenvalue weighted by Gasteiger charge is -2.28. The van der Waals surface area contributed by atoms with Crippen LogP contribution in [0.2, 0.25) is 0 Å². The number of phenolic OH excluding ortho intramolecular Hbond substituents is 1. The second-order valence-corrected chi connectivity index (χ2v) is 11.2. The van der Waals surface area contributed by atoms with Crippen LogP contribution < -0.4 is 0 Å². The molecule has 0 saturated carbocycles. The minimum absolute atomic E-state index is 0.259. The molecule has 0 unspecified atom stereocenters. The largest absolute Gasteiger partial charge is 0.507 e. The highest BCUT2D eigenvalue weighted by Gasteiger charge is 2.35. The summed E-state index contributed by atoms with van der Waals surface area (Å²) >= 11 is 0.969. The van der Waals surface area contributed by atoms with Crippen LogP contribution in [0.15, 0.2) is 41.3 Å². The van der Waals surface area contributed by atoms with E-state index >= 15 is 0 Å². The van der Waals surface area contributed by atoms with E-state index in [1.165, 1.54) is 4.90 Å². The lowest BCUT2D eigenvalue weighted by Crippen LogP contribution is -2.27. The summed E-state index contributed by atoms with van der Waals surface area (Å²) in [5.41, 5.74) is 3.94. The number of nitrogens with zero attached hydrogens (tertiary/aromatic N) is 1. The number of aromatic hydroxyl groups is 1. The fourth-order valence-electron chi connectivity index (χ4n) is 3.63. The monoisotopic (exact) mass is 437 g/mol. The Labute approximate surface area is 189 Å². The smallest absolute Gasteiger partial charge is 0.293 e. The van der Waals surface area contributed by atoms with Crippen molar-refractivity contribution in [3.8, 4) is 5.75 Å². The minimum Gasteiger partial charge on any atom is -0.507 e. The predicted molar refractivity (Wildman–Crippen MR) is 128 cm³/mol. The summed E-state index contributed by atoms with van der Waals surface area (Å²) in [5, 5.41) is 10.7. The molecular weight excluding hydrogens is 406 g/mol. The highest BCUT2D eigenvalue weighted by molar-refractivity contribution is 8.18. The van der Waals surface area contributed by atoms with Gasteiger partial charge < -0.3 is 5.11 Å². The number of carbonyl (C=O) groups excluding carboxylic acids is 2. The number of amides is 2. The van der Waals surface area contributed by atoms with E-state index in [0.29, 0.717) is 10.7 Å². The van der Waals surface area contributed by atoms with Crippen LogP contribution in [0.25, 0.3) is 6.08 Å². The van der Waals surface area contributed by atoms with Crippen molar-refractivity contribution in [1.29, 1.82) is 0 Å². The van der Waals surface area contributed by atoms with Crippen LogP contribution in [-0.4, -0.2) is 21.2 Å². The third kappa shape index (κ3) is 4.87. The van der Waals surface area contributed by atoms with Gasteiger partial charge in [0, 0.05) is 11.1 Å². The maximum atomic E-state index is 13.0. The van der Waals surface area contributed by atoms with Gasteiger partial charge in [0.05, 0.1) is 11.4 Å². The van der Waals surface area contributed by atoms with Gasteiger partial charge in [-0.05, 0) is 64.4 Å². The Balaban J connectivity index is 2.01. The normalized spacial score (nSPS) is 16.5. The molecule has 1 aliphatic rings. The van der Waals surface area contributed by atoms with Crippen LogP contribution in [0, 0.1) is 6.92 Å². The average molecular weight is 438 g/mol. The molecule has 1 heterocycles. The van der Waals surface area contributed by atoms with Crippen LogP contribution in [0.4, 0.5) is 4.79 Å². The molecule has 1 aliphatic heterocycles. The highest BCUT2D eigenvalue weighted by atomic mass is 32.2. The van der Waals surface area contributed by atoms with E-state index in [0.717, 1.165) is 39.6 Å². The van der Waals surface area contributed by atoms with Gasteiger partial charge in [-0.25, -0.2) is 0 Å². The van der Waals surface area contributed by atoms with Gasteiger partial charge in [0.1, 0.15) is 5.75 Å². The molecule has 1 fully saturated rings. The fraction of sp³-hybridized carbons (Fsp3) is 0.385. The van der Waals surface area contributed by atoms with Crippen LogP contribution in [0.1, 0.15) is 69.4 Å². The standard InChI is InChI=1S/C26H31NO3S/c1-16-10-8-9-11-18(16)15-27-23(29)21(31-24(27)30)14-17-12-19(25(2,3)4)22(28)20(13-17)26(5,6)7/h8-14,28H,15H2,1-7H3/b21-14-. The van der Waals surface area contributed by atoms with Crippen molar-refractivity contribution < 1.29 is 14.7 Å². The van der Waals surface area contributed by atoms with E-state index in [4.69, 9.17) is 0 Å². The van der Waals surface area contributed by atoms with Crippen LogP contribution >= 0.6 is 11.8 Å². The van der Waals surface area contributed by atoms with Crippen molar-refractivity contribution in [1.82, 2.24) is 4.90 Å². The van der Waals surface area contributed by atoms with Gasteiger partial charge in [0.25, 0.3) is 11.1 Å². The molecule has 0 aliphatic carbocycles. The van der Waals surface area contributed by atoms with Crippen molar-refractivity contribution in [2.24, 2.45) is 0 Å². The minimum atomic E-state index is -0.277. The summed E-state index contributed by atoms with van der Waals surface area (Å²) in [6.45, 7) is 14.5. The number of benzene rings is 2. The number of imide groups is 1. The van der Waals surface area contributed by atoms with Gasteiger partial charge >= 0.3 is 0 Å². The molecule has 0 spiro atoms. The molecule has 0 atom stereocenters. The lowest BCUT2D eigenvalue weighted by atomic mass is 9.78. The Bertz CT molecular complexity index is 1040. The first-order valence-corrected chi connectivity index (χ1v) is 11.3. The first kappa shape index (κ1) is 23.1. The molecule has 31 heavy (non-hydrogen) atoms. The number of thioether (sulfide) groups is 1. The second kappa shape index (κ2) is 8.19. The molecule has 5 heteroatoms. The van der Waals surface area contributed by atoms with E-state index in [1.54, 1.807) is 6.08 Å². The SMILES string of the molecule is Cc1ccccc1CN1C(=O)S/C(=C\c2cc(C(C)(C)C)c(O)c(C(C)(C)C)c2)C1=O. The van der Waals surface area contributed by atoms with Crippen LogP contribution in [0.3, 0.4) is 0 Å². The molecule has 4 nitrogen and oxygen atoms in total. The van der Waals surface area contributed by atoms with Gasteiger partial charge in [0.15, 0.2) is 0 Å². The summed E-state index contributed by atoms with van der Waals surface area (Å²) in [6, 6.07) is 11.6. The van der Waals surface area contributed by atoms with Crippen molar-refractivity contribution in [3.63, 3.8) is 0 Å².